The standard InChI is InChI=1S/C18H22N4O2/c1-18(2,3)13-10-19-16(23)15(13)17(24)21-12-6-4-5-11(9-12)14-7-8-20-22-14/h4-9,13,15H,10H2,1-3H3,(H,19,23)(H,20,22)(H,21,24). The number of anilines is 1. The van der Waals surface area contributed by atoms with Gasteiger partial charge in [-0.1, -0.05) is 32.9 Å². The highest BCUT2D eigenvalue weighted by Crippen LogP contribution is 2.35. The molecule has 0 spiro atoms. The van der Waals surface area contributed by atoms with Crippen LogP contribution in [0, 0.1) is 17.3 Å². The van der Waals surface area contributed by atoms with Crippen LogP contribution in [0.1, 0.15) is 20.8 Å². The maximum Gasteiger partial charge on any atom is 0.237 e. The van der Waals surface area contributed by atoms with Gasteiger partial charge in [0, 0.05) is 29.9 Å². The van der Waals surface area contributed by atoms with Crippen molar-refractivity contribution in [3.05, 3.63) is 36.5 Å². The van der Waals surface area contributed by atoms with Crippen molar-refractivity contribution in [2.24, 2.45) is 17.3 Å². The molecule has 2 heterocycles. The maximum absolute atomic E-state index is 12.7. The summed E-state index contributed by atoms with van der Waals surface area (Å²) in [5, 5.41) is 12.5. The first kappa shape index (κ1) is 16.2. The number of hydrogen-bond acceptors (Lipinski definition) is 3. The molecule has 126 valence electrons. The molecule has 0 saturated carbocycles. The Labute approximate surface area is 141 Å². The summed E-state index contributed by atoms with van der Waals surface area (Å²) in [5.74, 6) is -1.15. The van der Waals surface area contributed by atoms with E-state index in [2.05, 4.69) is 41.6 Å². The van der Waals surface area contributed by atoms with Gasteiger partial charge in [-0.3, -0.25) is 14.7 Å². The van der Waals surface area contributed by atoms with Gasteiger partial charge in [-0.15, -0.1) is 0 Å². The van der Waals surface area contributed by atoms with Crippen LogP contribution in [0.25, 0.3) is 11.3 Å². The third-order valence-corrected chi connectivity index (χ3v) is 4.52. The van der Waals surface area contributed by atoms with Crippen LogP contribution in [0.3, 0.4) is 0 Å². The molecular formula is C18H22N4O2. The molecule has 1 aliphatic heterocycles. The van der Waals surface area contributed by atoms with Crippen LogP contribution in [-0.4, -0.2) is 28.6 Å². The second-order valence-electron chi connectivity index (χ2n) is 7.24. The zero-order chi connectivity index (χ0) is 17.3. The molecule has 1 aromatic heterocycles. The van der Waals surface area contributed by atoms with Gasteiger partial charge in [0.05, 0.1) is 5.69 Å². The summed E-state index contributed by atoms with van der Waals surface area (Å²) in [6.07, 6.45) is 1.68. The van der Waals surface area contributed by atoms with E-state index in [1.165, 1.54) is 0 Å². The second kappa shape index (κ2) is 6.11. The van der Waals surface area contributed by atoms with E-state index in [1.807, 2.05) is 30.3 Å². The van der Waals surface area contributed by atoms with Gasteiger partial charge in [0.1, 0.15) is 5.92 Å². The number of rotatable bonds is 3. The molecule has 2 aromatic rings. The highest BCUT2D eigenvalue weighted by atomic mass is 16.2. The van der Waals surface area contributed by atoms with Crippen LogP contribution in [0.4, 0.5) is 5.69 Å². The number of benzene rings is 1. The number of H-pyrrole nitrogens is 1. The van der Waals surface area contributed by atoms with Crippen LogP contribution >= 0.6 is 0 Å². The van der Waals surface area contributed by atoms with Crippen LogP contribution in [-0.2, 0) is 9.59 Å². The Balaban J connectivity index is 1.79. The molecule has 2 amide bonds. The predicted octanol–water partition coefficient (Wildman–Crippen LogP) is 2.42. The van der Waals surface area contributed by atoms with E-state index in [1.54, 1.807) is 6.20 Å². The van der Waals surface area contributed by atoms with Gasteiger partial charge in [0.25, 0.3) is 0 Å². The van der Waals surface area contributed by atoms with Gasteiger partial charge in [-0.25, -0.2) is 0 Å². The van der Waals surface area contributed by atoms with Crippen molar-refractivity contribution in [2.45, 2.75) is 20.8 Å². The molecule has 1 aromatic carbocycles. The largest absolute Gasteiger partial charge is 0.355 e. The molecule has 1 fully saturated rings. The van der Waals surface area contributed by atoms with Crippen LogP contribution in [0.15, 0.2) is 36.5 Å². The minimum atomic E-state index is -0.666. The van der Waals surface area contributed by atoms with Crippen LogP contribution in [0.2, 0.25) is 0 Å². The number of aromatic nitrogens is 2. The number of carbonyl (C=O) groups is 2. The molecule has 6 nitrogen and oxygen atoms in total. The van der Waals surface area contributed by atoms with E-state index in [0.29, 0.717) is 12.2 Å². The Hall–Kier alpha value is -2.63. The van der Waals surface area contributed by atoms with Crippen LogP contribution < -0.4 is 10.6 Å². The molecule has 3 N–H and O–H groups in total. The van der Waals surface area contributed by atoms with E-state index in [0.717, 1.165) is 11.3 Å². The van der Waals surface area contributed by atoms with Gasteiger partial charge in [-0.05, 0) is 23.6 Å². The summed E-state index contributed by atoms with van der Waals surface area (Å²) in [5.41, 5.74) is 2.34. The predicted molar refractivity (Wildman–Crippen MR) is 92.1 cm³/mol. The van der Waals surface area contributed by atoms with Gasteiger partial charge < -0.3 is 10.6 Å². The Morgan fingerprint density at radius 1 is 1.29 bits per heavy atom. The Bertz CT molecular complexity index is 747. The second-order valence-corrected chi connectivity index (χ2v) is 7.24. The molecule has 1 saturated heterocycles. The third-order valence-electron chi connectivity index (χ3n) is 4.52. The van der Waals surface area contributed by atoms with E-state index in [9.17, 15) is 9.59 Å². The highest BCUT2D eigenvalue weighted by molar-refractivity contribution is 6.08. The summed E-state index contributed by atoms with van der Waals surface area (Å²) in [6, 6.07) is 9.34. The fourth-order valence-electron chi connectivity index (χ4n) is 3.13. The fourth-order valence-corrected chi connectivity index (χ4v) is 3.13. The molecule has 3 rings (SSSR count). The van der Waals surface area contributed by atoms with E-state index in [-0.39, 0.29) is 23.1 Å². The zero-order valence-electron chi connectivity index (χ0n) is 14.1. The molecule has 0 radical (unpaired) electrons. The Morgan fingerprint density at radius 2 is 2.08 bits per heavy atom. The number of nitrogens with zero attached hydrogens (tertiary/aromatic N) is 1. The maximum atomic E-state index is 12.7. The van der Waals surface area contributed by atoms with Crippen LogP contribution in [0.5, 0.6) is 0 Å². The molecule has 6 heteroatoms. The van der Waals surface area contributed by atoms with Gasteiger partial charge >= 0.3 is 0 Å². The lowest BCUT2D eigenvalue weighted by molar-refractivity contribution is -0.132. The molecule has 1 aliphatic rings. The fraction of sp³-hybridized carbons (Fsp3) is 0.389. The SMILES string of the molecule is CC(C)(C)C1CNC(=O)C1C(=O)Nc1cccc(-c2ccn[nH]2)c1. The first-order valence-electron chi connectivity index (χ1n) is 8.04. The van der Waals surface area contributed by atoms with Gasteiger partial charge in [0.2, 0.25) is 11.8 Å². The van der Waals surface area contributed by atoms with Crippen molar-refractivity contribution in [1.82, 2.24) is 15.5 Å². The minimum Gasteiger partial charge on any atom is -0.355 e. The molecule has 0 bridgehead atoms. The van der Waals surface area contributed by atoms with Crippen molar-refractivity contribution >= 4 is 17.5 Å². The molecular weight excluding hydrogens is 304 g/mol. The minimum absolute atomic E-state index is 0.0270. The van der Waals surface area contributed by atoms with Gasteiger partial charge in [-0.2, -0.15) is 5.10 Å². The van der Waals surface area contributed by atoms with Crippen molar-refractivity contribution < 1.29 is 9.59 Å². The van der Waals surface area contributed by atoms with Crippen molar-refractivity contribution in [1.29, 1.82) is 0 Å². The lowest BCUT2D eigenvalue weighted by Gasteiger charge is -2.29. The van der Waals surface area contributed by atoms with Gasteiger partial charge in [0.15, 0.2) is 0 Å². The molecule has 2 unspecified atom stereocenters. The lowest BCUT2D eigenvalue weighted by atomic mass is 9.74. The average Bonchev–Trinajstić information content (AvgIpc) is 3.16. The number of hydrogen-bond donors (Lipinski definition) is 3. The number of amides is 2. The van der Waals surface area contributed by atoms with E-state index in [4.69, 9.17) is 0 Å². The number of nitrogens with one attached hydrogen (secondary N) is 3. The third kappa shape index (κ3) is 3.18. The average molecular weight is 326 g/mol. The zero-order valence-corrected chi connectivity index (χ0v) is 14.1. The summed E-state index contributed by atoms with van der Waals surface area (Å²) in [7, 11) is 0. The monoisotopic (exact) mass is 326 g/mol. The Kier molecular flexibility index (Phi) is 4.13. The van der Waals surface area contributed by atoms with E-state index < -0.39 is 5.92 Å². The quantitative estimate of drug-likeness (QED) is 0.757. The molecule has 24 heavy (non-hydrogen) atoms. The molecule has 2 atom stereocenters. The number of aromatic amines is 1. The summed E-state index contributed by atoms with van der Waals surface area (Å²) < 4.78 is 0. The first-order valence-corrected chi connectivity index (χ1v) is 8.04. The number of carbonyl (C=O) groups excluding carboxylic acids is 2. The van der Waals surface area contributed by atoms with Crippen molar-refractivity contribution in [3.63, 3.8) is 0 Å². The lowest BCUT2D eigenvalue weighted by Crippen LogP contribution is -2.37. The normalized spacial score (nSPS) is 20.7. The first-order chi connectivity index (χ1) is 11.4. The summed E-state index contributed by atoms with van der Waals surface area (Å²) >= 11 is 0. The van der Waals surface area contributed by atoms with Crippen molar-refractivity contribution in [3.8, 4) is 11.3 Å². The van der Waals surface area contributed by atoms with E-state index >= 15 is 0 Å². The Morgan fingerprint density at radius 3 is 2.75 bits per heavy atom. The smallest absolute Gasteiger partial charge is 0.237 e. The molecule has 0 aliphatic carbocycles. The summed E-state index contributed by atoms with van der Waals surface area (Å²) in [6.45, 7) is 6.69. The summed E-state index contributed by atoms with van der Waals surface area (Å²) in [4.78, 5) is 24.8. The highest BCUT2D eigenvalue weighted by Gasteiger charge is 2.45. The topological polar surface area (TPSA) is 86.9 Å². The van der Waals surface area contributed by atoms with Crippen molar-refractivity contribution in [2.75, 3.05) is 11.9 Å².